The number of hydrogen-bond acceptors (Lipinski definition) is 4. The van der Waals surface area contributed by atoms with Crippen LogP contribution in [-0.4, -0.2) is 44.0 Å². The van der Waals surface area contributed by atoms with Crippen LogP contribution < -0.4 is 15.4 Å². The first-order valence-corrected chi connectivity index (χ1v) is 9.50. The first-order chi connectivity index (χ1) is 13.5. The Balaban J connectivity index is 1.97. The summed E-state index contributed by atoms with van der Waals surface area (Å²) in [7, 11) is 3.99. The van der Waals surface area contributed by atoms with E-state index < -0.39 is 0 Å². The highest BCUT2D eigenvalue weighted by molar-refractivity contribution is 6.04. The van der Waals surface area contributed by atoms with Gasteiger partial charge in [-0.15, -0.1) is 0 Å². The molecule has 0 bridgehead atoms. The number of rotatable bonds is 10. The standard InChI is InChI=1S/C22H29N3O3/c1-4-28-20-13-9-8-12-19(20)24-22(27)16-21(26)23-18(14-15-25(2)3)17-10-6-5-7-11-17/h5-13,18H,4,14-16H2,1-3H3,(H,23,26)(H,24,27). The van der Waals surface area contributed by atoms with Crippen molar-refractivity contribution >= 4 is 17.5 Å². The SMILES string of the molecule is CCOc1ccccc1NC(=O)CC(=O)NC(CCN(C)C)c1ccccc1. The van der Waals surface area contributed by atoms with Crippen molar-refractivity contribution in [3.8, 4) is 5.75 Å². The molecule has 6 nitrogen and oxygen atoms in total. The Labute approximate surface area is 166 Å². The minimum absolute atomic E-state index is 0.139. The van der Waals surface area contributed by atoms with Gasteiger partial charge in [-0.3, -0.25) is 9.59 Å². The third kappa shape index (κ3) is 7.04. The zero-order valence-electron chi connectivity index (χ0n) is 16.8. The molecule has 0 saturated carbocycles. The van der Waals surface area contributed by atoms with Crippen LogP contribution in [0.15, 0.2) is 54.6 Å². The maximum absolute atomic E-state index is 12.5. The molecule has 0 aliphatic heterocycles. The van der Waals surface area contributed by atoms with Crippen LogP contribution in [0, 0.1) is 0 Å². The highest BCUT2D eigenvalue weighted by Gasteiger charge is 2.18. The molecule has 150 valence electrons. The van der Waals surface area contributed by atoms with Gasteiger partial charge in [0, 0.05) is 0 Å². The van der Waals surface area contributed by atoms with Crippen LogP contribution >= 0.6 is 0 Å². The second kappa shape index (κ2) is 11.1. The van der Waals surface area contributed by atoms with Crippen molar-refractivity contribution in [2.75, 3.05) is 32.6 Å². The molecule has 1 unspecified atom stereocenters. The molecule has 2 aromatic rings. The van der Waals surface area contributed by atoms with Gasteiger partial charge in [0.25, 0.3) is 0 Å². The number of anilines is 1. The lowest BCUT2D eigenvalue weighted by Gasteiger charge is -2.21. The van der Waals surface area contributed by atoms with E-state index in [1.165, 1.54) is 0 Å². The topological polar surface area (TPSA) is 70.7 Å². The summed E-state index contributed by atoms with van der Waals surface area (Å²) in [6.07, 6.45) is 0.517. The van der Waals surface area contributed by atoms with Gasteiger partial charge < -0.3 is 20.3 Å². The molecule has 2 aromatic carbocycles. The molecule has 1 atom stereocenters. The number of carbonyl (C=O) groups excluding carboxylic acids is 2. The molecule has 0 heterocycles. The Morgan fingerprint density at radius 1 is 1.00 bits per heavy atom. The Hall–Kier alpha value is -2.86. The fraction of sp³-hybridized carbons (Fsp3) is 0.364. The third-order valence-corrected chi connectivity index (χ3v) is 4.18. The van der Waals surface area contributed by atoms with Crippen molar-refractivity contribution in [1.29, 1.82) is 0 Å². The van der Waals surface area contributed by atoms with E-state index in [-0.39, 0.29) is 24.3 Å². The van der Waals surface area contributed by atoms with Gasteiger partial charge in [-0.1, -0.05) is 42.5 Å². The smallest absolute Gasteiger partial charge is 0.233 e. The van der Waals surface area contributed by atoms with E-state index in [4.69, 9.17) is 4.74 Å². The Bertz CT molecular complexity index is 763. The highest BCUT2D eigenvalue weighted by atomic mass is 16.5. The van der Waals surface area contributed by atoms with Crippen molar-refractivity contribution in [2.45, 2.75) is 25.8 Å². The first-order valence-electron chi connectivity index (χ1n) is 9.50. The van der Waals surface area contributed by atoms with Crippen LogP contribution in [0.4, 0.5) is 5.69 Å². The second-order valence-electron chi connectivity index (χ2n) is 6.78. The number of hydrogen-bond donors (Lipinski definition) is 2. The van der Waals surface area contributed by atoms with E-state index in [1.54, 1.807) is 12.1 Å². The van der Waals surface area contributed by atoms with Gasteiger partial charge in [0.15, 0.2) is 0 Å². The summed E-state index contributed by atoms with van der Waals surface area (Å²) in [5.74, 6) is -0.0880. The first kappa shape index (κ1) is 21.4. The molecule has 0 spiro atoms. The average molecular weight is 383 g/mol. The fourth-order valence-corrected chi connectivity index (χ4v) is 2.83. The van der Waals surface area contributed by atoms with Crippen molar-refractivity contribution in [1.82, 2.24) is 10.2 Å². The Kier molecular flexibility index (Phi) is 8.49. The van der Waals surface area contributed by atoms with Crippen molar-refractivity contribution in [2.24, 2.45) is 0 Å². The molecule has 2 rings (SSSR count). The number of benzene rings is 2. The van der Waals surface area contributed by atoms with Gasteiger partial charge in [-0.2, -0.15) is 0 Å². The van der Waals surface area contributed by atoms with Crippen molar-refractivity contribution in [3.63, 3.8) is 0 Å². The van der Waals surface area contributed by atoms with Crippen LogP contribution in [0.5, 0.6) is 5.75 Å². The van der Waals surface area contributed by atoms with E-state index >= 15 is 0 Å². The number of ether oxygens (including phenoxy) is 1. The minimum atomic E-state index is -0.371. The van der Waals surface area contributed by atoms with E-state index in [9.17, 15) is 9.59 Å². The van der Waals surface area contributed by atoms with E-state index in [0.29, 0.717) is 18.0 Å². The number of nitrogens with zero attached hydrogens (tertiary/aromatic N) is 1. The zero-order valence-corrected chi connectivity index (χ0v) is 16.8. The normalized spacial score (nSPS) is 11.7. The van der Waals surface area contributed by atoms with Crippen molar-refractivity contribution in [3.05, 3.63) is 60.2 Å². The van der Waals surface area contributed by atoms with Crippen molar-refractivity contribution < 1.29 is 14.3 Å². The molecule has 6 heteroatoms. The monoisotopic (exact) mass is 383 g/mol. The lowest BCUT2D eigenvalue weighted by Crippen LogP contribution is -2.33. The Morgan fingerprint density at radius 2 is 1.68 bits per heavy atom. The molecule has 0 radical (unpaired) electrons. The fourth-order valence-electron chi connectivity index (χ4n) is 2.83. The maximum Gasteiger partial charge on any atom is 0.233 e. The van der Waals surface area contributed by atoms with E-state index in [2.05, 4.69) is 15.5 Å². The van der Waals surface area contributed by atoms with Gasteiger partial charge in [-0.05, 0) is 51.7 Å². The zero-order chi connectivity index (χ0) is 20.4. The molecule has 2 N–H and O–H groups in total. The summed E-state index contributed by atoms with van der Waals surface area (Å²) in [5, 5.41) is 5.74. The molecule has 0 aliphatic rings. The quantitative estimate of drug-likeness (QED) is 0.618. The lowest BCUT2D eigenvalue weighted by molar-refractivity contribution is -0.127. The summed E-state index contributed by atoms with van der Waals surface area (Å²) >= 11 is 0. The maximum atomic E-state index is 12.5. The molecule has 2 amide bonds. The van der Waals surface area contributed by atoms with E-state index in [0.717, 1.165) is 18.5 Å². The minimum Gasteiger partial charge on any atom is -0.492 e. The number of carbonyl (C=O) groups is 2. The van der Waals surface area contributed by atoms with Gasteiger partial charge in [0.05, 0.1) is 18.3 Å². The predicted molar refractivity (Wildman–Crippen MR) is 111 cm³/mol. The summed E-state index contributed by atoms with van der Waals surface area (Å²) in [6.45, 7) is 3.20. The molecule has 0 saturated heterocycles. The van der Waals surface area contributed by atoms with Gasteiger partial charge in [0.2, 0.25) is 11.8 Å². The molecular formula is C22H29N3O3. The summed E-state index contributed by atoms with van der Waals surface area (Å²) in [4.78, 5) is 26.9. The van der Waals surface area contributed by atoms with E-state index in [1.807, 2.05) is 63.5 Å². The van der Waals surface area contributed by atoms with Crippen LogP contribution in [0.2, 0.25) is 0 Å². The largest absolute Gasteiger partial charge is 0.492 e. The summed E-state index contributed by atoms with van der Waals surface area (Å²) in [5.41, 5.74) is 1.59. The third-order valence-electron chi connectivity index (χ3n) is 4.18. The van der Waals surface area contributed by atoms with Gasteiger partial charge in [0.1, 0.15) is 12.2 Å². The molecule has 0 aromatic heterocycles. The molecule has 0 fully saturated rings. The molecule has 0 aliphatic carbocycles. The van der Waals surface area contributed by atoms with Crippen LogP contribution in [-0.2, 0) is 9.59 Å². The number of amides is 2. The number of para-hydroxylation sites is 2. The Morgan fingerprint density at radius 3 is 2.36 bits per heavy atom. The van der Waals surface area contributed by atoms with Gasteiger partial charge in [-0.25, -0.2) is 0 Å². The van der Waals surface area contributed by atoms with Crippen LogP contribution in [0.3, 0.4) is 0 Å². The molecule has 28 heavy (non-hydrogen) atoms. The second-order valence-corrected chi connectivity index (χ2v) is 6.78. The average Bonchev–Trinajstić information content (AvgIpc) is 2.67. The number of nitrogens with one attached hydrogen (secondary N) is 2. The molecular weight excluding hydrogens is 354 g/mol. The predicted octanol–water partition coefficient (Wildman–Crippen LogP) is 3.22. The van der Waals surface area contributed by atoms with Crippen LogP contribution in [0.25, 0.3) is 0 Å². The summed E-state index contributed by atoms with van der Waals surface area (Å²) < 4.78 is 5.50. The highest BCUT2D eigenvalue weighted by Crippen LogP contribution is 2.24. The lowest BCUT2D eigenvalue weighted by atomic mass is 10.0. The summed E-state index contributed by atoms with van der Waals surface area (Å²) in [6, 6.07) is 16.8. The van der Waals surface area contributed by atoms with Crippen LogP contribution in [0.1, 0.15) is 31.4 Å². The van der Waals surface area contributed by atoms with Gasteiger partial charge >= 0.3 is 0 Å².